The highest BCUT2D eigenvalue weighted by molar-refractivity contribution is 5.59. The topological polar surface area (TPSA) is 140 Å². The molecule has 10 nitrogen and oxygen atoms in total. The first-order chi connectivity index (χ1) is 13.4. The molecule has 2 heterocycles. The number of halogens is 1. The number of carbonyl (C=O) groups excluding carboxylic acids is 1. The summed E-state index contributed by atoms with van der Waals surface area (Å²) < 4.78 is 29.1. The van der Waals surface area contributed by atoms with Gasteiger partial charge in [-0.15, -0.1) is 0 Å². The number of aromatic nitrogens is 2. The number of nitrogens with one attached hydrogen (secondary N) is 1. The van der Waals surface area contributed by atoms with E-state index in [-0.39, 0.29) is 6.61 Å². The summed E-state index contributed by atoms with van der Waals surface area (Å²) in [5.74, 6) is -1.27. The Morgan fingerprint density at radius 3 is 2.61 bits per heavy atom. The molecule has 4 atom stereocenters. The molecule has 0 aliphatic carbocycles. The van der Waals surface area contributed by atoms with Crippen LogP contribution in [0.15, 0.2) is 46.1 Å². The van der Waals surface area contributed by atoms with Gasteiger partial charge in [0.15, 0.2) is 6.23 Å². The molecule has 0 radical (unpaired) electrons. The lowest BCUT2D eigenvalue weighted by Gasteiger charge is -2.16. The van der Waals surface area contributed by atoms with Crippen molar-refractivity contribution in [3.05, 3.63) is 68.7 Å². The molecule has 1 aromatic carbocycles. The number of carbonyl (C=O) groups is 1. The van der Waals surface area contributed by atoms with Crippen molar-refractivity contribution in [3.8, 4) is 0 Å². The van der Waals surface area contributed by atoms with Gasteiger partial charge in [-0.05, 0) is 5.56 Å². The Hall–Kier alpha value is -3.02. The minimum atomic E-state index is -1.63. The summed E-state index contributed by atoms with van der Waals surface area (Å²) in [6.45, 7) is -0.506. The number of benzene rings is 1. The van der Waals surface area contributed by atoms with Crippen LogP contribution in [-0.4, -0.2) is 50.8 Å². The zero-order chi connectivity index (χ0) is 20.3. The molecule has 11 heteroatoms. The lowest BCUT2D eigenvalue weighted by Crippen LogP contribution is -2.38. The molecular weight excluding hydrogens is 379 g/mol. The number of ether oxygens (including phenoxy) is 3. The Morgan fingerprint density at radius 2 is 1.89 bits per heavy atom. The van der Waals surface area contributed by atoms with Gasteiger partial charge in [0, 0.05) is 0 Å². The number of aromatic amines is 1. The summed E-state index contributed by atoms with van der Waals surface area (Å²) in [6, 6.07) is 8.85. The molecule has 1 aromatic heterocycles. The van der Waals surface area contributed by atoms with E-state index in [4.69, 9.17) is 14.2 Å². The van der Waals surface area contributed by atoms with Crippen LogP contribution in [0.3, 0.4) is 0 Å². The third kappa shape index (κ3) is 4.27. The molecule has 3 rings (SSSR count). The number of aliphatic hydroxyl groups is 2. The highest BCUT2D eigenvalue weighted by Crippen LogP contribution is 2.28. The van der Waals surface area contributed by atoms with Crippen LogP contribution < -0.4 is 11.2 Å². The van der Waals surface area contributed by atoms with Crippen molar-refractivity contribution in [1.82, 2.24) is 9.55 Å². The van der Waals surface area contributed by atoms with Crippen LogP contribution in [0.2, 0.25) is 0 Å². The Labute approximate surface area is 156 Å². The maximum atomic E-state index is 13.4. The van der Waals surface area contributed by atoms with E-state index < -0.39 is 54.4 Å². The van der Waals surface area contributed by atoms with Crippen molar-refractivity contribution in [2.24, 2.45) is 0 Å². The van der Waals surface area contributed by atoms with E-state index in [1.165, 1.54) is 0 Å². The largest absolute Gasteiger partial charge is 0.508 e. The van der Waals surface area contributed by atoms with Gasteiger partial charge in [0.1, 0.15) is 31.5 Å². The molecule has 1 fully saturated rings. The molecule has 0 bridgehead atoms. The predicted octanol–water partition coefficient (Wildman–Crippen LogP) is -0.352. The average Bonchev–Trinajstić information content (AvgIpc) is 2.96. The molecule has 1 saturated heterocycles. The van der Waals surface area contributed by atoms with Crippen LogP contribution in [-0.2, 0) is 20.8 Å². The Bertz CT molecular complexity index is 944. The third-order valence-electron chi connectivity index (χ3n) is 4.10. The second-order valence-electron chi connectivity index (χ2n) is 6.03. The standard InChI is InChI=1S/C17H17FN2O8/c18-10-6-20(16(24)19-14(10)23)15-13(22)12(21)11(28-15)8-27-17(25)26-7-9-4-2-1-3-5-9/h1-6,11-13,15,21-22H,7-8H2,(H,19,23,24)/t11-,12?,13?,15-/m0/s1. The molecule has 0 saturated carbocycles. The normalized spacial score (nSPS) is 24.1. The van der Waals surface area contributed by atoms with Crippen LogP contribution in [0.1, 0.15) is 11.8 Å². The Balaban J connectivity index is 1.58. The van der Waals surface area contributed by atoms with E-state index in [1.807, 2.05) is 6.07 Å². The second-order valence-corrected chi connectivity index (χ2v) is 6.03. The van der Waals surface area contributed by atoms with Crippen LogP contribution in [0, 0.1) is 5.82 Å². The second kappa shape index (κ2) is 8.33. The van der Waals surface area contributed by atoms with Gasteiger partial charge in [0.05, 0.1) is 6.20 Å². The van der Waals surface area contributed by atoms with Gasteiger partial charge in [0.2, 0.25) is 5.82 Å². The van der Waals surface area contributed by atoms with Crippen molar-refractivity contribution >= 4 is 6.16 Å². The van der Waals surface area contributed by atoms with Gasteiger partial charge in [-0.2, -0.15) is 4.39 Å². The van der Waals surface area contributed by atoms with Gasteiger partial charge >= 0.3 is 11.8 Å². The first-order valence-corrected chi connectivity index (χ1v) is 8.23. The number of nitrogens with zero attached hydrogens (tertiary/aromatic N) is 1. The Morgan fingerprint density at radius 1 is 1.18 bits per heavy atom. The number of aliphatic hydroxyl groups excluding tert-OH is 2. The van der Waals surface area contributed by atoms with Gasteiger partial charge in [-0.3, -0.25) is 14.3 Å². The van der Waals surface area contributed by atoms with Crippen molar-refractivity contribution in [2.75, 3.05) is 6.61 Å². The maximum absolute atomic E-state index is 13.4. The summed E-state index contributed by atoms with van der Waals surface area (Å²) in [6.07, 6.45) is -6.32. The van der Waals surface area contributed by atoms with E-state index in [1.54, 1.807) is 29.2 Å². The molecule has 1 aliphatic heterocycles. The van der Waals surface area contributed by atoms with Gasteiger partial charge in [0.25, 0.3) is 5.56 Å². The predicted molar refractivity (Wildman–Crippen MR) is 89.8 cm³/mol. The molecule has 2 unspecified atom stereocenters. The summed E-state index contributed by atoms with van der Waals surface area (Å²) in [7, 11) is 0. The number of rotatable bonds is 5. The van der Waals surface area contributed by atoms with Crippen LogP contribution >= 0.6 is 0 Å². The molecule has 28 heavy (non-hydrogen) atoms. The molecule has 3 N–H and O–H groups in total. The average molecular weight is 396 g/mol. The first kappa shape index (κ1) is 19.7. The van der Waals surface area contributed by atoms with Crippen molar-refractivity contribution in [3.63, 3.8) is 0 Å². The lowest BCUT2D eigenvalue weighted by molar-refractivity contribution is -0.0651. The van der Waals surface area contributed by atoms with E-state index >= 15 is 0 Å². The van der Waals surface area contributed by atoms with E-state index in [0.29, 0.717) is 10.8 Å². The van der Waals surface area contributed by atoms with Crippen molar-refractivity contribution in [1.29, 1.82) is 0 Å². The fraction of sp³-hybridized carbons (Fsp3) is 0.353. The van der Waals surface area contributed by atoms with Gasteiger partial charge < -0.3 is 24.4 Å². The maximum Gasteiger partial charge on any atom is 0.508 e. The number of H-pyrrole nitrogens is 1. The first-order valence-electron chi connectivity index (χ1n) is 8.23. The van der Waals surface area contributed by atoms with Crippen molar-refractivity contribution < 1.29 is 33.6 Å². The summed E-state index contributed by atoms with van der Waals surface area (Å²) >= 11 is 0. The van der Waals surface area contributed by atoms with Crippen molar-refractivity contribution in [2.45, 2.75) is 31.1 Å². The fourth-order valence-corrected chi connectivity index (χ4v) is 2.65. The van der Waals surface area contributed by atoms with Gasteiger partial charge in [-0.25, -0.2) is 9.59 Å². The molecule has 0 spiro atoms. The van der Waals surface area contributed by atoms with Crippen LogP contribution in [0.5, 0.6) is 0 Å². The summed E-state index contributed by atoms with van der Waals surface area (Å²) in [5, 5.41) is 20.1. The SMILES string of the molecule is O=C(OCc1ccccc1)OC[C@@H]1O[C@H](n2cc(F)c(=O)[nH]c2=O)C(O)C1O. The lowest BCUT2D eigenvalue weighted by atomic mass is 10.1. The fourth-order valence-electron chi connectivity index (χ4n) is 2.65. The van der Waals surface area contributed by atoms with E-state index in [2.05, 4.69) is 0 Å². The van der Waals surface area contributed by atoms with E-state index in [9.17, 15) is 29.0 Å². The van der Waals surface area contributed by atoms with E-state index in [0.717, 1.165) is 5.56 Å². The smallest absolute Gasteiger partial charge is 0.431 e. The minimum Gasteiger partial charge on any atom is -0.431 e. The monoisotopic (exact) mass is 396 g/mol. The zero-order valence-corrected chi connectivity index (χ0v) is 14.4. The number of hydrogen-bond donors (Lipinski definition) is 3. The Kier molecular flexibility index (Phi) is 5.87. The third-order valence-corrected chi connectivity index (χ3v) is 4.10. The minimum absolute atomic E-state index is 0.0228. The molecule has 1 aliphatic rings. The molecule has 150 valence electrons. The highest BCUT2D eigenvalue weighted by atomic mass is 19.1. The molecular formula is C17H17FN2O8. The number of hydrogen-bond acceptors (Lipinski definition) is 8. The summed E-state index contributed by atoms with van der Waals surface area (Å²) in [4.78, 5) is 36.3. The van der Waals surface area contributed by atoms with Crippen LogP contribution in [0.25, 0.3) is 0 Å². The molecule has 0 amide bonds. The zero-order valence-electron chi connectivity index (χ0n) is 14.4. The van der Waals surface area contributed by atoms with Crippen LogP contribution in [0.4, 0.5) is 9.18 Å². The summed E-state index contributed by atoms with van der Waals surface area (Å²) in [5.41, 5.74) is -1.52. The molecule has 2 aromatic rings. The highest BCUT2D eigenvalue weighted by Gasteiger charge is 2.45. The van der Waals surface area contributed by atoms with Gasteiger partial charge in [-0.1, -0.05) is 30.3 Å². The quantitative estimate of drug-likeness (QED) is 0.583.